The van der Waals surface area contributed by atoms with Crippen LogP contribution >= 0.6 is 0 Å². The van der Waals surface area contributed by atoms with Gasteiger partial charge < -0.3 is 5.73 Å². The van der Waals surface area contributed by atoms with Crippen LogP contribution in [0.25, 0.3) is 5.57 Å². The molecule has 0 unspecified atom stereocenters. The third-order valence-corrected chi connectivity index (χ3v) is 4.66. The number of rotatable bonds is 0. The van der Waals surface area contributed by atoms with Crippen LogP contribution in [0.1, 0.15) is 19.4 Å². The van der Waals surface area contributed by atoms with Crippen LogP contribution in [-0.4, -0.2) is 8.42 Å². The maximum atomic E-state index is 11.8. The summed E-state index contributed by atoms with van der Waals surface area (Å²) in [5, 5.41) is 0. The third-order valence-electron chi connectivity index (χ3n) is 2.63. The van der Waals surface area contributed by atoms with Crippen molar-refractivity contribution in [1.82, 2.24) is 0 Å². The first-order valence-corrected chi connectivity index (χ1v) is 5.75. The van der Waals surface area contributed by atoms with Gasteiger partial charge in [0.2, 0.25) is 9.84 Å². The highest BCUT2D eigenvalue weighted by molar-refractivity contribution is 7.95. The average Bonchev–Trinajstić information content (AvgIpc) is 2.29. The number of benzene rings is 1. The molecule has 4 heteroatoms. The topological polar surface area (TPSA) is 60.2 Å². The van der Waals surface area contributed by atoms with Gasteiger partial charge in [-0.2, -0.15) is 0 Å². The fourth-order valence-electron chi connectivity index (χ4n) is 1.63. The van der Waals surface area contributed by atoms with Crippen molar-refractivity contribution in [3.05, 3.63) is 28.7 Å². The van der Waals surface area contributed by atoms with E-state index in [4.69, 9.17) is 5.73 Å². The van der Waals surface area contributed by atoms with Crippen LogP contribution in [0, 0.1) is 0 Å². The standard InChI is InChI=1S/C10H11NO2S/c1-6-7(2)14(12,13)10-5-8(11)3-4-9(6)10/h3-5H,11H2,1-2H3. The minimum atomic E-state index is -3.26. The van der Waals surface area contributed by atoms with Crippen LogP contribution in [0.5, 0.6) is 0 Å². The molecule has 3 nitrogen and oxygen atoms in total. The van der Waals surface area contributed by atoms with Crippen molar-refractivity contribution in [1.29, 1.82) is 0 Å². The van der Waals surface area contributed by atoms with E-state index in [9.17, 15) is 8.42 Å². The molecule has 2 N–H and O–H groups in total. The summed E-state index contributed by atoms with van der Waals surface area (Å²) in [6, 6.07) is 5.00. The number of anilines is 1. The molecular formula is C10H11NO2S. The first kappa shape index (κ1) is 9.27. The molecule has 0 radical (unpaired) electrons. The lowest BCUT2D eigenvalue weighted by Crippen LogP contribution is -1.98. The molecule has 1 aromatic rings. The van der Waals surface area contributed by atoms with Crippen LogP contribution in [-0.2, 0) is 9.84 Å². The second-order valence-electron chi connectivity index (χ2n) is 3.44. The molecule has 1 aliphatic heterocycles. The fraction of sp³-hybridized carbons (Fsp3) is 0.200. The molecule has 0 saturated carbocycles. The summed E-state index contributed by atoms with van der Waals surface area (Å²) >= 11 is 0. The highest BCUT2D eigenvalue weighted by atomic mass is 32.2. The summed E-state index contributed by atoms with van der Waals surface area (Å²) in [5.41, 5.74) is 7.64. The van der Waals surface area contributed by atoms with E-state index in [0.29, 0.717) is 15.5 Å². The summed E-state index contributed by atoms with van der Waals surface area (Å²) in [6.07, 6.45) is 0. The summed E-state index contributed by atoms with van der Waals surface area (Å²) in [4.78, 5) is 0.769. The molecular weight excluding hydrogens is 198 g/mol. The Labute approximate surface area is 83.2 Å². The smallest absolute Gasteiger partial charge is 0.203 e. The minimum Gasteiger partial charge on any atom is -0.399 e. The molecule has 0 aromatic heterocycles. The lowest BCUT2D eigenvalue weighted by atomic mass is 10.1. The third kappa shape index (κ3) is 1.00. The highest BCUT2D eigenvalue weighted by Gasteiger charge is 2.30. The second kappa shape index (κ2) is 2.60. The van der Waals surface area contributed by atoms with Gasteiger partial charge in [0, 0.05) is 10.6 Å². The Bertz CT molecular complexity index is 541. The lowest BCUT2D eigenvalue weighted by Gasteiger charge is -2.00. The van der Waals surface area contributed by atoms with E-state index in [1.54, 1.807) is 19.1 Å². The van der Waals surface area contributed by atoms with Crippen molar-refractivity contribution >= 4 is 21.1 Å². The molecule has 1 heterocycles. The largest absolute Gasteiger partial charge is 0.399 e. The SMILES string of the molecule is CC1=C(C)S(=O)(=O)c2cc(N)ccc21. The molecule has 0 fully saturated rings. The Balaban J connectivity index is 2.87. The van der Waals surface area contributed by atoms with Gasteiger partial charge in [-0.3, -0.25) is 0 Å². The van der Waals surface area contributed by atoms with Crippen molar-refractivity contribution < 1.29 is 8.42 Å². The van der Waals surface area contributed by atoms with E-state index in [2.05, 4.69) is 0 Å². The normalized spacial score (nSPS) is 18.4. The number of sulfone groups is 1. The summed E-state index contributed by atoms with van der Waals surface area (Å²) in [5.74, 6) is 0. The van der Waals surface area contributed by atoms with E-state index >= 15 is 0 Å². The van der Waals surface area contributed by atoms with Gasteiger partial charge in [-0.1, -0.05) is 6.07 Å². The molecule has 0 aliphatic carbocycles. The molecule has 2 rings (SSSR count). The van der Waals surface area contributed by atoms with Gasteiger partial charge in [0.05, 0.1) is 4.90 Å². The van der Waals surface area contributed by atoms with Crippen LogP contribution in [0.2, 0.25) is 0 Å². The Kier molecular flexibility index (Phi) is 1.72. The van der Waals surface area contributed by atoms with Crippen LogP contribution < -0.4 is 5.73 Å². The van der Waals surface area contributed by atoms with E-state index in [0.717, 1.165) is 11.1 Å². The average molecular weight is 209 g/mol. The Hall–Kier alpha value is -1.29. The zero-order valence-electron chi connectivity index (χ0n) is 8.03. The van der Waals surface area contributed by atoms with Gasteiger partial charge in [0.1, 0.15) is 0 Å². The number of allylic oxidation sites excluding steroid dienone is 2. The lowest BCUT2D eigenvalue weighted by molar-refractivity contribution is 0.603. The quantitative estimate of drug-likeness (QED) is 0.663. The second-order valence-corrected chi connectivity index (χ2v) is 5.50. The van der Waals surface area contributed by atoms with Gasteiger partial charge in [0.25, 0.3) is 0 Å². The molecule has 14 heavy (non-hydrogen) atoms. The van der Waals surface area contributed by atoms with Gasteiger partial charge >= 0.3 is 0 Å². The number of nitrogens with two attached hydrogens (primary N) is 1. The zero-order valence-corrected chi connectivity index (χ0v) is 8.85. The predicted molar refractivity (Wildman–Crippen MR) is 56.3 cm³/mol. The monoisotopic (exact) mass is 209 g/mol. The minimum absolute atomic E-state index is 0.340. The molecule has 1 aromatic carbocycles. The van der Waals surface area contributed by atoms with E-state index in [-0.39, 0.29) is 0 Å². The molecule has 0 saturated heterocycles. The van der Waals surface area contributed by atoms with Gasteiger partial charge in [-0.15, -0.1) is 0 Å². The predicted octanol–water partition coefficient (Wildman–Crippen LogP) is 1.81. The van der Waals surface area contributed by atoms with E-state index < -0.39 is 9.84 Å². The first-order valence-electron chi connectivity index (χ1n) is 4.27. The first-order chi connectivity index (χ1) is 6.44. The summed E-state index contributed by atoms with van der Waals surface area (Å²) in [7, 11) is -3.26. The van der Waals surface area contributed by atoms with Crippen LogP contribution in [0.15, 0.2) is 28.0 Å². The number of hydrogen-bond acceptors (Lipinski definition) is 3. The van der Waals surface area contributed by atoms with Gasteiger partial charge in [-0.05, 0) is 37.1 Å². The maximum Gasteiger partial charge on any atom is 0.203 e. The van der Waals surface area contributed by atoms with Gasteiger partial charge in [-0.25, -0.2) is 8.42 Å². The zero-order chi connectivity index (χ0) is 10.5. The van der Waals surface area contributed by atoms with E-state index in [1.165, 1.54) is 6.07 Å². The molecule has 0 bridgehead atoms. The molecule has 74 valence electrons. The fourth-order valence-corrected chi connectivity index (χ4v) is 3.27. The molecule has 0 amide bonds. The Morgan fingerprint density at radius 3 is 2.50 bits per heavy atom. The highest BCUT2D eigenvalue weighted by Crippen LogP contribution is 2.39. The van der Waals surface area contributed by atoms with E-state index in [1.807, 2.05) is 6.92 Å². The molecule has 1 aliphatic rings. The van der Waals surface area contributed by atoms with Gasteiger partial charge in [0.15, 0.2) is 0 Å². The van der Waals surface area contributed by atoms with Crippen molar-refractivity contribution in [2.75, 3.05) is 5.73 Å². The number of fused-ring (bicyclic) bond motifs is 1. The summed E-state index contributed by atoms with van der Waals surface area (Å²) in [6.45, 7) is 3.44. The number of nitrogen functional groups attached to an aromatic ring is 1. The number of hydrogen-bond donors (Lipinski definition) is 1. The van der Waals surface area contributed by atoms with Crippen LogP contribution in [0.3, 0.4) is 0 Å². The van der Waals surface area contributed by atoms with Crippen molar-refractivity contribution in [3.63, 3.8) is 0 Å². The molecule has 0 spiro atoms. The van der Waals surface area contributed by atoms with Crippen LogP contribution in [0.4, 0.5) is 5.69 Å². The maximum absolute atomic E-state index is 11.8. The summed E-state index contributed by atoms with van der Waals surface area (Å²) < 4.78 is 23.7. The van der Waals surface area contributed by atoms with Crippen molar-refractivity contribution in [2.45, 2.75) is 18.7 Å². The Morgan fingerprint density at radius 2 is 1.86 bits per heavy atom. The van der Waals surface area contributed by atoms with Crippen molar-refractivity contribution in [2.24, 2.45) is 0 Å². The Morgan fingerprint density at radius 1 is 1.21 bits per heavy atom. The molecule has 0 atom stereocenters. The van der Waals surface area contributed by atoms with Crippen molar-refractivity contribution in [3.8, 4) is 0 Å².